The lowest BCUT2D eigenvalue weighted by atomic mass is 10.0. The van der Waals surface area contributed by atoms with Crippen molar-refractivity contribution in [3.8, 4) is 0 Å². The summed E-state index contributed by atoms with van der Waals surface area (Å²) < 4.78 is 0. The van der Waals surface area contributed by atoms with Crippen LogP contribution in [0.5, 0.6) is 0 Å². The van der Waals surface area contributed by atoms with Gasteiger partial charge in [-0.1, -0.05) is 49.0 Å². The average Bonchev–Trinajstić information content (AvgIpc) is 2.80. The van der Waals surface area contributed by atoms with Crippen LogP contribution < -0.4 is 5.32 Å². The number of allylic oxidation sites excluding steroid dienone is 1. The van der Waals surface area contributed by atoms with Crippen molar-refractivity contribution in [1.82, 2.24) is 10.2 Å². The summed E-state index contributed by atoms with van der Waals surface area (Å²) in [6, 6.07) is 8.18. The maximum Gasteiger partial charge on any atom is 0.352 e. The number of nitrogens with one attached hydrogen (secondary N) is 1. The smallest absolute Gasteiger partial charge is 0.352 e. The largest absolute Gasteiger partial charge is 0.477 e. The number of carboxylic acids is 1. The molecular weight excluding hydrogens is 468 g/mol. The van der Waals surface area contributed by atoms with Gasteiger partial charge in [0.1, 0.15) is 17.1 Å². The number of carbonyl (C=O) groups excluding carboxylic acids is 3. The standard InChI is InChI=1S/C22H24N2O5S3/c1-3-16(30-2)9-15(25)10-23-17-19(26)24-18(21(27)28)14(11-31-20(17)24)12-32-22(29)13-7-5-4-6-8-13/h4-9,17,20,23H,3,10-12H2,1-2H3,(H,27,28)/b16-9-. The fourth-order valence-corrected chi connectivity index (χ4v) is 6.29. The molecule has 1 aromatic rings. The van der Waals surface area contributed by atoms with E-state index in [0.717, 1.165) is 23.1 Å². The minimum Gasteiger partial charge on any atom is -0.477 e. The average molecular weight is 493 g/mol. The number of benzene rings is 1. The number of carbonyl (C=O) groups is 4. The molecule has 1 fully saturated rings. The van der Waals surface area contributed by atoms with E-state index in [4.69, 9.17) is 0 Å². The first-order chi connectivity index (χ1) is 15.4. The molecule has 1 amide bonds. The summed E-state index contributed by atoms with van der Waals surface area (Å²) in [5.74, 6) is -1.06. The van der Waals surface area contributed by atoms with Gasteiger partial charge in [-0.05, 0) is 29.2 Å². The molecule has 0 bridgehead atoms. The van der Waals surface area contributed by atoms with E-state index in [2.05, 4.69) is 5.32 Å². The molecule has 10 heteroatoms. The Hall–Kier alpha value is -2.01. The SMILES string of the molecule is CC/C(=C/C(=O)CNC1C(=O)N2C(C(=O)O)=C(CSC(=O)c3ccccc3)CSC12)SC. The number of hydrogen-bond acceptors (Lipinski definition) is 8. The maximum atomic E-state index is 12.7. The number of amides is 1. The van der Waals surface area contributed by atoms with Crippen LogP contribution in [0.15, 0.2) is 52.6 Å². The topological polar surface area (TPSA) is 104 Å². The molecule has 170 valence electrons. The van der Waals surface area contributed by atoms with E-state index in [-0.39, 0.29) is 40.2 Å². The van der Waals surface area contributed by atoms with E-state index in [1.807, 2.05) is 19.2 Å². The quantitative estimate of drug-likeness (QED) is 0.377. The Morgan fingerprint density at radius 3 is 2.62 bits per heavy atom. The highest BCUT2D eigenvalue weighted by Gasteiger charge is 2.53. The van der Waals surface area contributed by atoms with Crippen LogP contribution in [0.2, 0.25) is 0 Å². The molecule has 2 aliphatic rings. The van der Waals surface area contributed by atoms with Gasteiger partial charge in [0.15, 0.2) is 5.78 Å². The Morgan fingerprint density at radius 2 is 2.00 bits per heavy atom. The number of fused-ring (bicyclic) bond motifs is 1. The Balaban J connectivity index is 1.64. The fourth-order valence-electron chi connectivity index (χ4n) is 3.41. The van der Waals surface area contributed by atoms with Gasteiger partial charge in [-0.25, -0.2) is 4.79 Å². The summed E-state index contributed by atoms with van der Waals surface area (Å²) in [7, 11) is 0. The lowest BCUT2D eigenvalue weighted by Crippen LogP contribution is -2.70. The highest BCUT2D eigenvalue weighted by molar-refractivity contribution is 8.14. The molecule has 1 saturated heterocycles. The first-order valence-electron chi connectivity index (χ1n) is 10.00. The van der Waals surface area contributed by atoms with E-state index in [0.29, 0.717) is 16.9 Å². The second-order valence-corrected chi connectivity index (χ2v) is 10.1. The van der Waals surface area contributed by atoms with Gasteiger partial charge in [0.2, 0.25) is 11.0 Å². The fraction of sp³-hybridized carbons (Fsp3) is 0.364. The summed E-state index contributed by atoms with van der Waals surface area (Å²) in [6.07, 6.45) is 4.25. The summed E-state index contributed by atoms with van der Waals surface area (Å²) in [6.45, 7) is 1.99. The molecule has 0 saturated carbocycles. The predicted molar refractivity (Wildman–Crippen MR) is 130 cm³/mol. The van der Waals surface area contributed by atoms with Crippen LogP contribution in [0.3, 0.4) is 0 Å². The summed E-state index contributed by atoms with van der Waals surface area (Å²) in [5.41, 5.74) is 1.05. The van der Waals surface area contributed by atoms with Crippen molar-refractivity contribution in [2.45, 2.75) is 24.8 Å². The van der Waals surface area contributed by atoms with Crippen molar-refractivity contribution < 1.29 is 24.3 Å². The molecule has 0 aromatic heterocycles. The van der Waals surface area contributed by atoms with Gasteiger partial charge >= 0.3 is 5.97 Å². The van der Waals surface area contributed by atoms with Crippen LogP contribution in [0.1, 0.15) is 23.7 Å². The second-order valence-electron chi connectivity index (χ2n) is 7.10. The number of rotatable bonds is 10. The third-order valence-corrected chi connectivity index (χ3v) is 8.33. The lowest BCUT2D eigenvalue weighted by molar-refractivity contribution is -0.149. The Kier molecular flexibility index (Phi) is 8.64. The molecule has 2 N–H and O–H groups in total. The highest BCUT2D eigenvalue weighted by Crippen LogP contribution is 2.41. The zero-order valence-electron chi connectivity index (χ0n) is 17.7. The van der Waals surface area contributed by atoms with Crippen LogP contribution in [-0.4, -0.2) is 68.5 Å². The number of hydrogen-bond donors (Lipinski definition) is 2. The van der Waals surface area contributed by atoms with Crippen molar-refractivity contribution in [2.24, 2.45) is 0 Å². The molecule has 3 rings (SSSR count). The summed E-state index contributed by atoms with van der Waals surface area (Å²) in [5, 5.41) is 12.2. The van der Waals surface area contributed by atoms with E-state index in [1.54, 1.807) is 30.3 Å². The summed E-state index contributed by atoms with van der Waals surface area (Å²) >= 11 is 3.99. The third kappa shape index (κ3) is 5.48. The van der Waals surface area contributed by atoms with Gasteiger partial charge in [0, 0.05) is 17.1 Å². The van der Waals surface area contributed by atoms with Gasteiger partial charge in [-0.2, -0.15) is 0 Å². The molecule has 0 spiro atoms. The minimum absolute atomic E-state index is 0.0196. The van der Waals surface area contributed by atoms with Crippen molar-refractivity contribution in [2.75, 3.05) is 24.3 Å². The van der Waals surface area contributed by atoms with Gasteiger partial charge in [-0.15, -0.1) is 23.5 Å². The van der Waals surface area contributed by atoms with E-state index in [1.165, 1.54) is 28.4 Å². The van der Waals surface area contributed by atoms with Gasteiger partial charge in [-0.3, -0.25) is 24.6 Å². The first-order valence-corrected chi connectivity index (χ1v) is 13.3. The van der Waals surface area contributed by atoms with Crippen molar-refractivity contribution in [3.63, 3.8) is 0 Å². The lowest BCUT2D eigenvalue weighted by Gasteiger charge is -2.49. The molecule has 0 radical (unpaired) electrons. The van der Waals surface area contributed by atoms with Crippen molar-refractivity contribution in [1.29, 1.82) is 0 Å². The zero-order valence-corrected chi connectivity index (χ0v) is 20.1. The van der Waals surface area contributed by atoms with E-state index in [9.17, 15) is 24.3 Å². The Labute approximate surface area is 199 Å². The number of carboxylic acid groups (broad SMARTS) is 1. The van der Waals surface area contributed by atoms with E-state index >= 15 is 0 Å². The molecule has 7 nitrogen and oxygen atoms in total. The number of thioether (sulfide) groups is 3. The second kappa shape index (κ2) is 11.2. The monoisotopic (exact) mass is 492 g/mol. The van der Waals surface area contributed by atoms with Crippen LogP contribution >= 0.6 is 35.3 Å². The molecule has 2 heterocycles. The Bertz CT molecular complexity index is 971. The minimum atomic E-state index is -1.18. The zero-order chi connectivity index (χ0) is 23.3. The predicted octanol–water partition coefficient (Wildman–Crippen LogP) is 3.00. The maximum absolute atomic E-state index is 12.7. The molecule has 2 unspecified atom stereocenters. The molecular formula is C22H24N2O5S3. The molecule has 0 aliphatic carbocycles. The number of β-lactam (4-membered cyclic amide) rings is 1. The molecule has 2 aliphatic heterocycles. The van der Waals surface area contributed by atoms with Crippen LogP contribution in [0.25, 0.3) is 0 Å². The molecule has 2 atom stereocenters. The van der Waals surface area contributed by atoms with E-state index < -0.39 is 12.0 Å². The first kappa shape index (κ1) is 24.6. The number of aliphatic carboxylic acids is 1. The van der Waals surface area contributed by atoms with Crippen molar-refractivity contribution >= 4 is 58.1 Å². The molecule has 32 heavy (non-hydrogen) atoms. The van der Waals surface area contributed by atoms with Gasteiger partial charge < -0.3 is 5.11 Å². The van der Waals surface area contributed by atoms with Gasteiger partial charge in [0.25, 0.3) is 0 Å². The normalized spacial score (nSPS) is 20.6. The van der Waals surface area contributed by atoms with Crippen LogP contribution in [0.4, 0.5) is 0 Å². The third-order valence-electron chi connectivity index (χ3n) is 5.07. The Morgan fingerprint density at radius 1 is 1.28 bits per heavy atom. The summed E-state index contributed by atoms with van der Waals surface area (Å²) in [4.78, 5) is 51.4. The highest BCUT2D eigenvalue weighted by atomic mass is 32.2. The van der Waals surface area contributed by atoms with Crippen molar-refractivity contribution in [3.05, 3.63) is 58.1 Å². The van der Waals surface area contributed by atoms with Crippen LogP contribution in [-0.2, 0) is 14.4 Å². The van der Waals surface area contributed by atoms with Gasteiger partial charge in [0.05, 0.1) is 6.54 Å². The van der Waals surface area contributed by atoms with Crippen LogP contribution in [0, 0.1) is 0 Å². The number of nitrogens with zero attached hydrogens (tertiary/aromatic N) is 1. The number of ketones is 1. The molecule has 1 aromatic carbocycles.